The van der Waals surface area contributed by atoms with Gasteiger partial charge in [0, 0.05) is 36.6 Å². The van der Waals surface area contributed by atoms with Crippen molar-refractivity contribution >= 4 is 17.8 Å². The van der Waals surface area contributed by atoms with Crippen LogP contribution in [0.4, 0.5) is 0 Å². The molecule has 152 valence electrons. The number of carboxylic acid groups (broad SMARTS) is 1. The van der Waals surface area contributed by atoms with Crippen molar-refractivity contribution in [2.75, 3.05) is 0 Å². The second-order valence-electron chi connectivity index (χ2n) is 6.29. The maximum Gasteiger partial charge on any atom is 0.328 e. The van der Waals surface area contributed by atoms with Crippen molar-refractivity contribution < 1.29 is 24.6 Å². The Morgan fingerprint density at radius 3 is 2.11 bits per heavy atom. The number of carbonyl (C=O) groups excluding carboxylic acids is 2. The molecule has 2 rings (SSSR count). The first-order valence-electron chi connectivity index (χ1n) is 8.49. The van der Waals surface area contributed by atoms with Crippen LogP contribution in [0.3, 0.4) is 0 Å². The molecular weight excluding hydrogens is 370 g/mol. The Bertz CT molecular complexity index is 775. The standard InChI is InChI=1S/C16H23N7O5/c1-8(24)13(16(27)28)23-15(26)12(3-10-5-19-7-21-10)22-14(25)11(17)2-9-4-18-6-20-9/h4-8,11-13,24H,2-3,17H2,1H3,(H,18,20)(H,19,21)(H,22,25)(H,23,26)(H,27,28)/t8-,11+,12+,13+/m1/s1. The average Bonchev–Trinajstić information content (AvgIpc) is 3.32. The third-order valence-corrected chi connectivity index (χ3v) is 3.99. The minimum Gasteiger partial charge on any atom is -0.480 e. The Kier molecular flexibility index (Phi) is 7.23. The highest BCUT2D eigenvalue weighted by molar-refractivity contribution is 5.92. The zero-order chi connectivity index (χ0) is 20.7. The van der Waals surface area contributed by atoms with Gasteiger partial charge >= 0.3 is 5.97 Å². The number of aliphatic hydroxyl groups excluding tert-OH is 1. The maximum absolute atomic E-state index is 12.6. The Balaban J connectivity index is 2.08. The number of hydrogen-bond donors (Lipinski definition) is 7. The van der Waals surface area contributed by atoms with E-state index in [2.05, 4.69) is 30.6 Å². The molecular formula is C16H23N7O5. The first-order valence-corrected chi connectivity index (χ1v) is 8.49. The molecule has 8 N–H and O–H groups in total. The quantitative estimate of drug-likeness (QED) is 0.233. The number of carbonyl (C=O) groups is 3. The lowest BCUT2D eigenvalue weighted by molar-refractivity contribution is -0.145. The van der Waals surface area contributed by atoms with Gasteiger partial charge in [0.1, 0.15) is 6.04 Å². The monoisotopic (exact) mass is 393 g/mol. The summed E-state index contributed by atoms with van der Waals surface area (Å²) in [5, 5.41) is 23.4. The van der Waals surface area contributed by atoms with Crippen LogP contribution in [-0.2, 0) is 27.2 Å². The highest BCUT2D eigenvalue weighted by atomic mass is 16.4. The van der Waals surface area contributed by atoms with Gasteiger partial charge in [-0.05, 0) is 6.92 Å². The van der Waals surface area contributed by atoms with Crippen LogP contribution < -0.4 is 16.4 Å². The summed E-state index contributed by atoms with van der Waals surface area (Å²) in [4.78, 5) is 49.5. The molecule has 12 heteroatoms. The van der Waals surface area contributed by atoms with Crippen molar-refractivity contribution in [3.63, 3.8) is 0 Å². The fraction of sp³-hybridized carbons (Fsp3) is 0.438. The molecule has 0 aliphatic carbocycles. The van der Waals surface area contributed by atoms with Crippen molar-refractivity contribution in [2.45, 2.75) is 44.0 Å². The number of carboxylic acids is 1. The number of aromatic amines is 2. The van der Waals surface area contributed by atoms with Gasteiger partial charge in [0.25, 0.3) is 0 Å². The van der Waals surface area contributed by atoms with Crippen LogP contribution in [0.5, 0.6) is 0 Å². The predicted molar refractivity (Wildman–Crippen MR) is 95.7 cm³/mol. The summed E-state index contributed by atoms with van der Waals surface area (Å²) in [6.45, 7) is 1.24. The van der Waals surface area contributed by atoms with Crippen molar-refractivity contribution in [2.24, 2.45) is 5.73 Å². The van der Waals surface area contributed by atoms with Gasteiger partial charge in [0.05, 0.1) is 24.8 Å². The van der Waals surface area contributed by atoms with Crippen molar-refractivity contribution in [1.29, 1.82) is 0 Å². The third kappa shape index (κ3) is 5.89. The fourth-order valence-electron chi connectivity index (χ4n) is 2.47. The van der Waals surface area contributed by atoms with Crippen molar-refractivity contribution in [3.8, 4) is 0 Å². The molecule has 0 saturated heterocycles. The number of rotatable bonds is 10. The normalized spacial score (nSPS) is 15.2. The number of aromatic nitrogens is 4. The topological polar surface area (TPSA) is 199 Å². The molecule has 0 fully saturated rings. The van der Waals surface area contributed by atoms with Gasteiger partial charge in [-0.1, -0.05) is 0 Å². The van der Waals surface area contributed by atoms with E-state index < -0.39 is 42.0 Å². The number of amides is 2. The second-order valence-corrected chi connectivity index (χ2v) is 6.29. The number of imidazole rings is 2. The lowest BCUT2D eigenvalue weighted by atomic mass is 10.1. The molecule has 0 aliphatic heterocycles. The molecule has 0 bridgehead atoms. The molecule has 28 heavy (non-hydrogen) atoms. The highest BCUT2D eigenvalue weighted by Gasteiger charge is 2.30. The summed E-state index contributed by atoms with van der Waals surface area (Å²) < 4.78 is 0. The fourth-order valence-corrected chi connectivity index (χ4v) is 2.47. The lowest BCUT2D eigenvalue weighted by Crippen LogP contribution is -2.57. The van der Waals surface area contributed by atoms with Crippen LogP contribution in [0, 0.1) is 0 Å². The van der Waals surface area contributed by atoms with E-state index >= 15 is 0 Å². The Morgan fingerprint density at radius 2 is 1.64 bits per heavy atom. The van der Waals surface area contributed by atoms with Gasteiger partial charge in [0.15, 0.2) is 6.04 Å². The molecule has 2 aromatic rings. The number of aliphatic carboxylic acids is 1. The van der Waals surface area contributed by atoms with E-state index in [4.69, 9.17) is 10.8 Å². The molecule has 2 amide bonds. The summed E-state index contributed by atoms with van der Waals surface area (Å²) in [6, 6.07) is -3.60. The number of nitrogens with two attached hydrogens (primary N) is 1. The van der Waals surface area contributed by atoms with E-state index in [9.17, 15) is 19.5 Å². The predicted octanol–water partition coefficient (Wildman–Crippen LogP) is -2.32. The summed E-state index contributed by atoms with van der Waals surface area (Å²) >= 11 is 0. The number of aliphatic hydroxyl groups is 1. The minimum atomic E-state index is -1.52. The minimum absolute atomic E-state index is 0.0283. The van der Waals surface area contributed by atoms with Gasteiger partial charge in [-0.2, -0.15) is 0 Å². The van der Waals surface area contributed by atoms with E-state index in [1.165, 1.54) is 32.0 Å². The number of hydrogen-bond acceptors (Lipinski definition) is 7. The average molecular weight is 393 g/mol. The molecule has 4 atom stereocenters. The zero-order valence-corrected chi connectivity index (χ0v) is 15.1. The van der Waals surface area contributed by atoms with E-state index in [1.54, 1.807) is 0 Å². The van der Waals surface area contributed by atoms with Crippen molar-refractivity contribution in [3.05, 3.63) is 36.4 Å². The number of H-pyrrole nitrogens is 2. The molecule has 0 unspecified atom stereocenters. The van der Waals surface area contributed by atoms with E-state index in [0.29, 0.717) is 11.4 Å². The SMILES string of the molecule is C[C@@H](O)[C@H](NC(=O)[C@H](Cc1cnc[nH]1)NC(=O)[C@@H](N)Cc1cnc[nH]1)C(=O)O. The molecule has 2 aromatic heterocycles. The summed E-state index contributed by atoms with van der Waals surface area (Å²) in [5.74, 6) is -2.77. The molecule has 12 nitrogen and oxygen atoms in total. The smallest absolute Gasteiger partial charge is 0.328 e. The molecule has 0 spiro atoms. The van der Waals surface area contributed by atoms with Crippen LogP contribution in [-0.4, -0.2) is 72.2 Å². The lowest BCUT2D eigenvalue weighted by Gasteiger charge is -2.23. The summed E-state index contributed by atoms with van der Waals surface area (Å²) in [5.41, 5.74) is 7.08. The molecule has 0 aromatic carbocycles. The van der Waals surface area contributed by atoms with E-state index in [1.807, 2.05) is 0 Å². The first kappa shape index (κ1) is 21.1. The number of nitrogens with one attached hydrogen (secondary N) is 4. The van der Waals surface area contributed by atoms with Gasteiger partial charge in [-0.3, -0.25) is 9.59 Å². The van der Waals surface area contributed by atoms with Crippen LogP contribution in [0.1, 0.15) is 18.3 Å². The van der Waals surface area contributed by atoms with Gasteiger partial charge in [-0.25, -0.2) is 14.8 Å². The largest absolute Gasteiger partial charge is 0.480 e. The number of nitrogens with zero attached hydrogens (tertiary/aromatic N) is 2. The molecule has 0 aliphatic rings. The highest BCUT2D eigenvalue weighted by Crippen LogP contribution is 2.03. The van der Waals surface area contributed by atoms with Crippen LogP contribution >= 0.6 is 0 Å². The molecule has 2 heterocycles. The molecule has 0 saturated carbocycles. The van der Waals surface area contributed by atoms with E-state index in [0.717, 1.165) is 0 Å². The molecule has 0 radical (unpaired) electrons. The summed E-state index contributed by atoms with van der Waals surface area (Å²) in [6.07, 6.45) is 4.74. The van der Waals surface area contributed by atoms with Crippen molar-refractivity contribution in [1.82, 2.24) is 30.6 Å². The van der Waals surface area contributed by atoms with E-state index in [-0.39, 0.29) is 12.8 Å². The Morgan fingerprint density at radius 1 is 1.07 bits per heavy atom. The zero-order valence-electron chi connectivity index (χ0n) is 15.1. The van der Waals surface area contributed by atoms with Crippen LogP contribution in [0.15, 0.2) is 25.0 Å². The van der Waals surface area contributed by atoms with Gasteiger partial charge < -0.3 is 36.5 Å². The van der Waals surface area contributed by atoms with Gasteiger partial charge in [-0.15, -0.1) is 0 Å². The Hall–Kier alpha value is -3.25. The first-order chi connectivity index (χ1) is 13.3. The van der Waals surface area contributed by atoms with Crippen LogP contribution in [0.2, 0.25) is 0 Å². The summed E-state index contributed by atoms with van der Waals surface area (Å²) in [7, 11) is 0. The second kappa shape index (κ2) is 9.62. The van der Waals surface area contributed by atoms with Gasteiger partial charge in [0.2, 0.25) is 11.8 Å². The maximum atomic E-state index is 12.6. The third-order valence-electron chi connectivity index (χ3n) is 3.99. The Labute approximate surface area is 160 Å². The van der Waals surface area contributed by atoms with Crippen LogP contribution in [0.25, 0.3) is 0 Å².